The van der Waals surface area contributed by atoms with Gasteiger partial charge in [-0.25, -0.2) is 4.98 Å². The molecule has 0 aliphatic carbocycles. The first-order chi connectivity index (χ1) is 12.3. The standard InChI is InChI=1S/C19H18N4O2/c20-12-17(19(24)22-6-3-8-23-9-7-21-14-23)11-15-10-16-4-1-2-5-18(16)25-13-15/h1-2,4-5,7,9-11,14H,3,6,8,13H2,(H,22,24). The summed E-state index contributed by atoms with van der Waals surface area (Å²) in [6.45, 7) is 1.60. The van der Waals surface area contributed by atoms with Crippen molar-refractivity contribution < 1.29 is 9.53 Å². The number of para-hydroxylation sites is 1. The number of nitrogens with one attached hydrogen (secondary N) is 1. The molecule has 6 heteroatoms. The van der Waals surface area contributed by atoms with Gasteiger partial charge in [0.1, 0.15) is 24.0 Å². The van der Waals surface area contributed by atoms with Gasteiger partial charge in [0.2, 0.25) is 0 Å². The number of aryl methyl sites for hydroxylation is 1. The van der Waals surface area contributed by atoms with Crippen LogP contribution in [-0.4, -0.2) is 28.6 Å². The van der Waals surface area contributed by atoms with Gasteiger partial charge in [-0.05, 0) is 30.2 Å². The predicted molar refractivity (Wildman–Crippen MR) is 93.5 cm³/mol. The van der Waals surface area contributed by atoms with Crippen LogP contribution in [0.1, 0.15) is 12.0 Å². The Kier molecular flexibility index (Phi) is 5.27. The molecule has 0 atom stereocenters. The third-order valence-corrected chi connectivity index (χ3v) is 3.79. The second kappa shape index (κ2) is 7.97. The summed E-state index contributed by atoms with van der Waals surface area (Å²) >= 11 is 0. The molecule has 6 nitrogen and oxygen atoms in total. The molecule has 0 unspecified atom stereocenters. The number of amides is 1. The van der Waals surface area contributed by atoms with Crippen LogP contribution in [0, 0.1) is 11.3 Å². The molecule has 126 valence electrons. The average molecular weight is 334 g/mol. The van der Waals surface area contributed by atoms with Crippen molar-refractivity contribution in [3.63, 3.8) is 0 Å². The Bertz CT molecular complexity index is 845. The lowest BCUT2D eigenvalue weighted by atomic mass is 10.1. The smallest absolute Gasteiger partial charge is 0.261 e. The largest absolute Gasteiger partial charge is 0.488 e. The van der Waals surface area contributed by atoms with E-state index in [1.54, 1.807) is 18.6 Å². The lowest BCUT2D eigenvalue weighted by Crippen LogP contribution is -2.26. The monoisotopic (exact) mass is 334 g/mol. The number of rotatable bonds is 6. The van der Waals surface area contributed by atoms with Crippen molar-refractivity contribution in [1.82, 2.24) is 14.9 Å². The number of carbonyl (C=O) groups is 1. The summed E-state index contributed by atoms with van der Waals surface area (Å²) in [7, 11) is 0. The molecule has 1 aliphatic rings. The Morgan fingerprint density at radius 1 is 1.44 bits per heavy atom. The van der Waals surface area contributed by atoms with Gasteiger partial charge in [0.05, 0.1) is 6.33 Å². The summed E-state index contributed by atoms with van der Waals surface area (Å²) in [5.74, 6) is 0.440. The average Bonchev–Trinajstić information content (AvgIpc) is 3.16. The van der Waals surface area contributed by atoms with Crippen molar-refractivity contribution in [2.24, 2.45) is 0 Å². The Balaban J connectivity index is 1.58. The minimum atomic E-state index is -0.368. The van der Waals surface area contributed by atoms with Crippen molar-refractivity contribution in [2.45, 2.75) is 13.0 Å². The minimum absolute atomic E-state index is 0.0804. The summed E-state index contributed by atoms with van der Waals surface area (Å²) < 4.78 is 7.58. The van der Waals surface area contributed by atoms with Crippen LogP contribution in [0.2, 0.25) is 0 Å². The number of nitriles is 1. The number of hydrogen-bond donors (Lipinski definition) is 1. The molecule has 3 rings (SSSR count). The molecule has 1 amide bonds. The van der Waals surface area contributed by atoms with E-state index in [0.29, 0.717) is 13.2 Å². The van der Waals surface area contributed by atoms with E-state index in [2.05, 4.69) is 10.3 Å². The molecule has 0 bridgehead atoms. The van der Waals surface area contributed by atoms with Crippen LogP contribution in [0.4, 0.5) is 0 Å². The zero-order valence-electron chi connectivity index (χ0n) is 13.7. The number of aromatic nitrogens is 2. The van der Waals surface area contributed by atoms with E-state index in [-0.39, 0.29) is 11.5 Å². The van der Waals surface area contributed by atoms with Crippen LogP contribution in [0.5, 0.6) is 5.75 Å². The molecule has 0 spiro atoms. The minimum Gasteiger partial charge on any atom is -0.488 e. The molecule has 1 N–H and O–H groups in total. The number of ether oxygens (including phenoxy) is 1. The van der Waals surface area contributed by atoms with Crippen LogP contribution in [-0.2, 0) is 11.3 Å². The van der Waals surface area contributed by atoms with E-state index < -0.39 is 0 Å². The maximum atomic E-state index is 12.2. The number of carbonyl (C=O) groups excluding carboxylic acids is 1. The number of nitrogens with zero attached hydrogens (tertiary/aromatic N) is 3. The first kappa shape index (κ1) is 16.5. The molecular formula is C19H18N4O2. The predicted octanol–water partition coefficient (Wildman–Crippen LogP) is 2.32. The molecule has 1 aliphatic heterocycles. The fourth-order valence-electron chi connectivity index (χ4n) is 2.53. The fourth-order valence-corrected chi connectivity index (χ4v) is 2.53. The van der Waals surface area contributed by atoms with Gasteiger partial charge in [0.15, 0.2) is 0 Å². The Hall–Kier alpha value is -3.33. The normalized spacial score (nSPS) is 13.2. The van der Waals surface area contributed by atoms with E-state index in [4.69, 9.17) is 4.74 Å². The number of fused-ring (bicyclic) bond motifs is 1. The second-order valence-corrected chi connectivity index (χ2v) is 5.63. The highest BCUT2D eigenvalue weighted by atomic mass is 16.5. The lowest BCUT2D eigenvalue weighted by molar-refractivity contribution is -0.117. The highest BCUT2D eigenvalue weighted by Crippen LogP contribution is 2.26. The van der Waals surface area contributed by atoms with Crippen molar-refractivity contribution in [2.75, 3.05) is 13.2 Å². The highest BCUT2D eigenvalue weighted by Gasteiger charge is 2.13. The van der Waals surface area contributed by atoms with Crippen molar-refractivity contribution >= 4 is 12.0 Å². The Labute approximate surface area is 146 Å². The van der Waals surface area contributed by atoms with Crippen molar-refractivity contribution in [3.05, 3.63) is 65.8 Å². The van der Waals surface area contributed by atoms with E-state index >= 15 is 0 Å². The summed E-state index contributed by atoms with van der Waals surface area (Å²) in [6.07, 6.45) is 9.60. The molecule has 2 aromatic rings. The molecule has 0 fully saturated rings. The zero-order chi connectivity index (χ0) is 17.5. The molecule has 0 radical (unpaired) electrons. The topological polar surface area (TPSA) is 79.9 Å². The maximum Gasteiger partial charge on any atom is 0.261 e. The van der Waals surface area contributed by atoms with Gasteiger partial charge < -0.3 is 14.6 Å². The molecule has 1 aromatic heterocycles. The van der Waals surface area contributed by atoms with Crippen LogP contribution < -0.4 is 10.1 Å². The van der Waals surface area contributed by atoms with E-state index in [9.17, 15) is 10.1 Å². The molecule has 25 heavy (non-hydrogen) atoms. The van der Waals surface area contributed by atoms with Gasteiger partial charge in [-0.2, -0.15) is 5.26 Å². The summed E-state index contributed by atoms with van der Waals surface area (Å²) in [6, 6.07) is 9.62. The van der Waals surface area contributed by atoms with Crippen LogP contribution >= 0.6 is 0 Å². The van der Waals surface area contributed by atoms with Crippen LogP contribution in [0.3, 0.4) is 0 Å². The van der Waals surface area contributed by atoms with Crippen molar-refractivity contribution in [1.29, 1.82) is 5.26 Å². The lowest BCUT2D eigenvalue weighted by Gasteiger charge is -2.16. The summed E-state index contributed by atoms with van der Waals surface area (Å²) in [5, 5.41) is 12.0. The second-order valence-electron chi connectivity index (χ2n) is 5.63. The highest BCUT2D eigenvalue weighted by molar-refractivity contribution is 5.98. The number of hydrogen-bond acceptors (Lipinski definition) is 4. The maximum absolute atomic E-state index is 12.2. The molecular weight excluding hydrogens is 316 g/mol. The summed E-state index contributed by atoms with van der Waals surface area (Å²) in [4.78, 5) is 16.1. The molecule has 0 saturated heterocycles. The molecule has 1 aromatic carbocycles. The van der Waals surface area contributed by atoms with Gasteiger partial charge in [0, 0.05) is 31.0 Å². The van der Waals surface area contributed by atoms with E-state index in [1.165, 1.54) is 0 Å². The first-order valence-corrected chi connectivity index (χ1v) is 8.04. The zero-order valence-corrected chi connectivity index (χ0v) is 13.7. The SMILES string of the molecule is N#CC(=CC1=Cc2ccccc2OC1)C(=O)NCCCn1ccnc1. The fraction of sp³-hybridized carbons (Fsp3) is 0.211. The quantitative estimate of drug-likeness (QED) is 0.499. The Morgan fingerprint density at radius 3 is 3.12 bits per heavy atom. The van der Waals surface area contributed by atoms with E-state index in [1.807, 2.05) is 47.2 Å². The van der Waals surface area contributed by atoms with Gasteiger partial charge in [-0.1, -0.05) is 18.2 Å². The number of imidazole rings is 1. The van der Waals surface area contributed by atoms with E-state index in [0.717, 1.165) is 29.9 Å². The summed E-state index contributed by atoms with van der Waals surface area (Å²) in [5.41, 5.74) is 1.82. The third-order valence-electron chi connectivity index (χ3n) is 3.79. The number of benzene rings is 1. The van der Waals surface area contributed by atoms with Gasteiger partial charge in [-0.15, -0.1) is 0 Å². The van der Waals surface area contributed by atoms with Gasteiger partial charge in [-0.3, -0.25) is 4.79 Å². The molecule has 2 heterocycles. The van der Waals surface area contributed by atoms with Gasteiger partial charge in [0.25, 0.3) is 5.91 Å². The van der Waals surface area contributed by atoms with Crippen molar-refractivity contribution in [3.8, 4) is 11.8 Å². The van der Waals surface area contributed by atoms with Gasteiger partial charge >= 0.3 is 0 Å². The third kappa shape index (κ3) is 4.36. The first-order valence-electron chi connectivity index (χ1n) is 8.04. The Morgan fingerprint density at radius 2 is 2.32 bits per heavy atom. The van der Waals surface area contributed by atoms with Crippen LogP contribution in [0.15, 0.2) is 60.2 Å². The molecule has 0 saturated carbocycles. The van der Waals surface area contributed by atoms with Crippen LogP contribution in [0.25, 0.3) is 6.08 Å².